The number of ether oxygens (including phenoxy) is 1. The summed E-state index contributed by atoms with van der Waals surface area (Å²) in [4.78, 5) is 43.6. The number of methoxy groups -OCH3 is 1. The third kappa shape index (κ3) is 6.69. The van der Waals surface area contributed by atoms with Crippen molar-refractivity contribution in [3.05, 3.63) is 77.4 Å². The molecule has 0 aliphatic heterocycles. The van der Waals surface area contributed by atoms with E-state index in [9.17, 15) is 9.59 Å². The largest absolute Gasteiger partial charge is 0.494 e. The van der Waals surface area contributed by atoms with Gasteiger partial charge in [-0.3, -0.25) is 14.2 Å². The number of nitrogens with one attached hydrogen (secondary N) is 2. The lowest BCUT2D eigenvalue weighted by Gasteiger charge is -2.23. The monoisotopic (exact) mass is 556 g/mol. The van der Waals surface area contributed by atoms with Gasteiger partial charge in [0.1, 0.15) is 17.0 Å². The van der Waals surface area contributed by atoms with E-state index < -0.39 is 0 Å². The first-order valence-electron chi connectivity index (χ1n) is 13.3. The lowest BCUT2D eigenvalue weighted by Crippen LogP contribution is -2.28. The standard InChI is InChI=1S/C30H36N8O3/c1-8-26(39)32-20-10-9-11-22(16-20)38-28-24(33-27(19(2)3)29(38)40)18-31-30(35-28)34-23-13-12-21(17-25(23)41-7)37(6)15-14-36(4)5/h8-13,16-19H,1,14-15H2,2-7H3,(H,32,39)(H,31,34,35). The van der Waals surface area contributed by atoms with Gasteiger partial charge >= 0.3 is 0 Å². The fourth-order valence-electron chi connectivity index (χ4n) is 4.21. The number of aromatic nitrogens is 4. The number of nitrogens with zero attached hydrogens (tertiary/aromatic N) is 6. The summed E-state index contributed by atoms with van der Waals surface area (Å²) in [5, 5.41) is 5.96. The van der Waals surface area contributed by atoms with Gasteiger partial charge in [0, 0.05) is 43.5 Å². The number of amides is 1. The van der Waals surface area contributed by atoms with E-state index in [0.29, 0.717) is 39.7 Å². The molecule has 0 saturated carbocycles. The van der Waals surface area contributed by atoms with E-state index >= 15 is 0 Å². The van der Waals surface area contributed by atoms with Gasteiger partial charge in [-0.15, -0.1) is 0 Å². The highest BCUT2D eigenvalue weighted by Gasteiger charge is 2.18. The third-order valence-corrected chi connectivity index (χ3v) is 6.48. The molecule has 0 saturated heterocycles. The van der Waals surface area contributed by atoms with Crippen molar-refractivity contribution < 1.29 is 9.53 Å². The molecule has 0 radical (unpaired) electrons. The molecular formula is C30H36N8O3. The molecule has 4 rings (SSSR count). The zero-order valence-electron chi connectivity index (χ0n) is 24.3. The quantitative estimate of drug-likeness (QED) is 0.262. The van der Waals surface area contributed by atoms with E-state index in [0.717, 1.165) is 18.8 Å². The summed E-state index contributed by atoms with van der Waals surface area (Å²) in [6.45, 7) is 9.09. The molecule has 0 unspecified atom stereocenters. The number of carbonyl (C=O) groups excluding carboxylic acids is 1. The molecule has 0 spiro atoms. The number of rotatable bonds is 11. The first-order chi connectivity index (χ1) is 19.6. The maximum atomic E-state index is 13.7. The first kappa shape index (κ1) is 29.2. The van der Waals surface area contributed by atoms with Crippen molar-refractivity contribution >= 4 is 40.1 Å². The molecule has 2 aromatic carbocycles. The fraction of sp³-hybridized carbons (Fsp3) is 0.300. The minimum absolute atomic E-state index is 0.127. The van der Waals surface area contributed by atoms with Crippen LogP contribution in [0.2, 0.25) is 0 Å². The van der Waals surface area contributed by atoms with Crippen LogP contribution in [-0.4, -0.2) is 71.7 Å². The van der Waals surface area contributed by atoms with Crippen molar-refractivity contribution in [3.63, 3.8) is 0 Å². The second kappa shape index (κ2) is 12.6. The summed E-state index contributed by atoms with van der Waals surface area (Å²) in [5.74, 6) is 0.417. The minimum atomic E-state index is -0.352. The van der Waals surface area contributed by atoms with Gasteiger partial charge in [0.2, 0.25) is 11.9 Å². The number of carbonyl (C=O) groups is 1. The molecule has 1 amide bonds. The minimum Gasteiger partial charge on any atom is -0.494 e. The lowest BCUT2D eigenvalue weighted by molar-refractivity contribution is -0.111. The molecule has 11 heteroatoms. The SMILES string of the molecule is C=CC(=O)Nc1cccc(-n2c(=O)c(C(C)C)nc3cnc(Nc4ccc(N(C)CCN(C)C)cc4OC)nc32)c1. The van der Waals surface area contributed by atoms with E-state index in [-0.39, 0.29) is 23.3 Å². The van der Waals surface area contributed by atoms with E-state index in [1.54, 1.807) is 37.6 Å². The number of likely N-dealkylation sites (N-methyl/N-ethyl adjacent to an activating group) is 2. The number of anilines is 4. The van der Waals surface area contributed by atoms with Crippen LogP contribution in [0.1, 0.15) is 25.5 Å². The second-order valence-electron chi connectivity index (χ2n) is 10.2. The average molecular weight is 557 g/mol. The van der Waals surface area contributed by atoms with Gasteiger partial charge in [0.25, 0.3) is 5.56 Å². The topological polar surface area (TPSA) is 118 Å². The molecule has 0 aliphatic rings. The van der Waals surface area contributed by atoms with Crippen LogP contribution in [0.5, 0.6) is 5.75 Å². The molecule has 2 N–H and O–H groups in total. The Morgan fingerprint density at radius 2 is 1.90 bits per heavy atom. The highest BCUT2D eigenvalue weighted by atomic mass is 16.5. The average Bonchev–Trinajstić information content (AvgIpc) is 2.95. The van der Waals surface area contributed by atoms with Crippen molar-refractivity contribution in [1.82, 2.24) is 24.4 Å². The van der Waals surface area contributed by atoms with E-state index in [2.05, 4.69) is 37.0 Å². The number of fused-ring (bicyclic) bond motifs is 1. The Morgan fingerprint density at radius 1 is 1.12 bits per heavy atom. The molecular weight excluding hydrogens is 520 g/mol. The van der Waals surface area contributed by atoms with Gasteiger partial charge in [0.05, 0.1) is 24.7 Å². The van der Waals surface area contributed by atoms with Crippen LogP contribution in [0.25, 0.3) is 16.9 Å². The lowest BCUT2D eigenvalue weighted by atomic mass is 10.1. The third-order valence-electron chi connectivity index (χ3n) is 6.48. The fourth-order valence-corrected chi connectivity index (χ4v) is 4.21. The van der Waals surface area contributed by atoms with E-state index in [1.165, 1.54) is 10.6 Å². The molecule has 0 bridgehead atoms. The maximum absolute atomic E-state index is 13.7. The van der Waals surface area contributed by atoms with Gasteiger partial charge in [0.15, 0.2) is 5.65 Å². The molecule has 41 heavy (non-hydrogen) atoms. The van der Waals surface area contributed by atoms with Crippen molar-refractivity contribution in [2.24, 2.45) is 0 Å². The Labute approximate surface area is 239 Å². The summed E-state index contributed by atoms with van der Waals surface area (Å²) in [5.41, 5.74) is 3.60. The second-order valence-corrected chi connectivity index (χ2v) is 10.2. The molecule has 2 aromatic heterocycles. The summed E-state index contributed by atoms with van der Waals surface area (Å²) < 4.78 is 7.16. The van der Waals surface area contributed by atoms with Crippen LogP contribution in [0.15, 0.2) is 66.1 Å². The zero-order valence-corrected chi connectivity index (χ0v) is 24.3. The Hall–Kier alpha value is -4.77. The highest BCUT2D eigenvalue weighted by Crippen LogP contribution is 2.31. The molecule has 0 atom stereocenters. The zero-order chi connectivity index (χ0) is 29.7. The Kier molecular flexibility index (Phi) is 8.98. The Bertz CT molecular complexity index is 1630. The predicted molar refractivity (Wildman–Crippen MR) is 164 cm³/mol. The molecule has 214 valence electrons. The summed E-state index contributed by atoms with van der Waals surface area (Å²) >= 11 is 0. The van der Waals surface area contributed by atoms with Crippen LogP contribution in [0.3, 0.4) is 0 Å². The molecule has 0 aliphatic carbocycles. The summed E-state index contributed by atoms with van der Waals surface area (Å²) in [6.07, 6.45) is 2.77. The van der Waals surface area contributed by atoms with Crippen molar-refractivity contribution in [2.75, 3.05) is 56.9 Å². The molecule has 2 heterocycles. The highest BCUT2D eigenvalue weighted by molar-refractivity contribution is 5.99. The van der Waals surface area contributed by atoms with Crippen LogP contribution < -0.4 is 25.8 Å². The van der Waals surface area contributed by atoms with Gasteiger partial charge in [-0.05, 0) is 50.5 Å². The molecule has 0 fully saturated rings. The predicted octanol–water partition coefficient (Wildman–Crippen LogP) is 4.17. The van der Waals surface area contributed by atoms with E-state index in [4.69, 9.17) is 9.72 Å². The van der Waals surface area contributed by atoms with Gasteiger partial charge in [-0.2, -0.15) is 4.98 Å². The van der Waals surface area contributed by atoms with Crippen molar-refractivity contribution in [3.8, 4) is 11.4 Å². The number of hydrogen-bond donors (Lipinski definition) is 2. The first-order valence-corrected chi connectivity index (χ1v) is 13.3. The van der Waals surface area contributed by atoms with Crippen molar-refractivity contribution in [2.45, 2.75) is 19.8 Å². The maximum Gasteiger partial charge on any atom is 0.278 e. The number of benzene rings is 2. The molecule has 4 aromatic rings. The van der Waals surface area contributed by atoms with Gasteiger partial charge in [-0.25, -0.2) is 9.97 Å². The summed E-state index contributed by atoms with van der Waals surface area (Å²) in [6, 6.07) is 12.8. The van der Waals surface area contributed by atoms with Gasteiger partial charge in [-0.1, -0.05) is 26.5 Å². The van der Waals surface area contributed by atoms with E-state index in [1.807, 2.05) is 53.2 Å². The summed E-state index contributed by atoms with van der Waals surface area (Å²) in [7, 11) is 7.73. The smallest absolute Gasteiger partial charge is 0.278 e. The van der Waals surface area contributed by atoms with Crippen LogP contribution in [0.4, 0.5) is 23.0 Å². The number of hydrogen-bond acceptors (Lipinski definition) is 9. The van der Waals surface area contributed by atoms with Crippen molar-refractivity contribution in [1.29, 1.82) is 0 Å². The Morgan fingerprint density at radius 3 is 2.59 bits per heavy atom. The normalized spacial score (nSPS) is 11.1. The van der Waals surface area contributed by atoms with Crippen LogP contribution in [0, 0.1) is 0 Å². The molecule has 11 nitrogen and oxygen atoms in total. The van der Waals surface area contributed by atoms with Gasteiger partial charge < -0.3 is 25.2 Å². The van der Waals surface area contributed by atoms with Crippen LogP contribution >= 0.6 is 0 Å². The Balaban J connectivity index is 1.77. The van der Waals surface area contributed by atoms with Crippen LogP contribution in [-0.2, 0) is 4.79 Å².